The second kappa shape index (κ2) is 3.90. The summed E-state index contributed by atoms with van der Waals surface area (Å²) in [4.78, 5) is 21.9. The summed E-state index contributed by atoms with van der Waals surface area (Å²) in [6.45, 7) is 2.06. The smallest absolute Gasteiger partial charge is 0.153 e. The summed E-state index contributed by atoms with van der Waals surface area (Å²) >= 11 is 1.50. The molecule has 1 atom stereocenters. The summed E-state index contributed by atoms with van der Waals surface area (Å²) in [6.07, 6.45) is 2.13. The quantitative estimate of drug-likeness (QED) is 0.591. The molecule has 0 aliphatic carbocycles. The van der Waals surface area contributed by atoms with Gasteiger partial charge < -0.3 is 0 Å². The molecule has 1 unspecified atom stereocenters. The average molecular weight is 172 g/mol. The van der Waals surface area contributed by atoms with Crippen LogP contribution in [0.25, 0.3) is 0 Å². The van der Waals surface area contributed by atoms with Gasteiger partial charge in [0.1, 0.15) is 5.78 Å². The number of hydrogen-bond acceptors (Lipinski definition) is 3. The lowest BCUT2D eigenvalue weighted by molar-refractivity contribution is -0.126. The third kappa shape index (κ3) is 2.33. The van der Waals surface area contributed by atoms with Gasteiger partial charge in [0.2, 0.25) is 0 Å². The van der Waals surface area contributed by atoms with E-state index in [9.17, 15) is 9.59 Å². The van der Waals surface area contributed by atoms with Crippen LogP contribution in [-0.4, -0.2) is 22.6 Å². The lowest BCUT2D eigenvalue weighted by atomic mass is 10.1. The predicted octanol–water partition coefficient (Wildman–Crippen LogP) is 1.43. The Morgan fingerprint density at radius 3 is 2.82 bits per heavy atom. The van der Waals surface area contributed by atoms with Crippen LogP contribution >= 0.6 is 11.8 Å². The van der Waals surface area contributed by atoms with Crippen LogP contribution in [-0.2, 0) is 9.59 Å². The van der Waals surface area contributed by atoms with Crippen LogP contribution in [0.3, 0.4) is 0 Å². The number of carbonyl (C=O) groups is 2. The Morgan fingerprint density at radius 1 is 1.55 bits per heavy atom. The Labute approximate surface area is 70.7 Å². The zero-order chi connectivity index (χ0) is 8.27. The zero-order valence-electron chi connectivity index (χ0n) is 6.63. The molecule has 2 nitrogen and oxygen atoms in total. The Hall–Kier alpha value is -0.310. The summed E-state index contributed by atoms with van der Waals surface area (Å²) in [5, 5.41) is 0.109. The van der Waals surface area contributed by atoms with E-state index >= 15 is 0 Å². The number of ketones is 2. The van der Waals surface area contributed by atoms with E-state index in [-0.39, 0.29) is 23.2 Å². The molecule has 1 aliphatic rings. The van der Waals surface area contributed by atoms with Crippen LogP contribution < -0.4 is 0 Å². The summed E-state index contributed by atoms with van der Waals surface area (Å²) in [6, 6.07) is 0. The van der Waals surface area contributed by atoms with Crippen LogP contribution in [0, 0.1) is 0 Å². The number of rotatable bonds is 2. The normalized spacial score (nSPS) is 25.7. The van der Waals surface area contributed by atoms with Crippen molar-refractivity contribution in [2.75, 3.05) is 5.75 Å². The molecule has 0 spiro atoms. The van der Waals surface area contributed by atoms with Crippen molar-refractivity contribution in [3.63, 3.8) is 0 Å². The SMILES string of the molecule is CCCC1SCC(=O)CC1=O. The molecule has 0 radical (unpaired) electrons. The van der Waals surface area contributed by atoms with Gasteiger partial charge in [-0.05, 0) is 6.42 Å². The van der Waals surface area contributed by atoms with Crippen LogP contribution in [0.2, 0.25) is 0 Å². The largest absolute Gasteiger partial charge is 0.298 e. The molecule has 0 amide bonds. The van der Waals surface area contributed by atoms with Crippen LogP contribution in [0.4, 0.5) is 0 Å². The highest BCUT2D eigenvalue weighted by Gasteiger charge is 2.26. The molecule has 1 aliphatic heterocycles. The first-order chi connectivity index (χ1) is 5.24. The molecular weight excluding hydrogens is 160 g/mol. The second-order valence-corrected chi connectivity index (χ2v) is 3.96. The Morgan fingerprint density at radius 2 is 2.27 bits per heavy atom. The first-order valence-electron chi connectivity index (χ1n) is 3.90. The van der Waals surface area contributed by atoms with Gasteiger partial charge in [-0.3, -0.25) is 9.59 Å². The molecule has 0 N–H and O–H groups in total. The Bertz CT molecular complexity index is 177. The first kappa shape index (κ1) is 8.78. The second-order valence-electron chi connectivity index (χ2n) is 2.77. The molecular formula is C8H12O2S. The van der Waals surface area contributed by atoms with Gasteiger partial charge in [0, 0.05) is 0 Å². The summed E-state index contributed by atoms with van der Waals surface area (Å²) < 4.78 is 0. The Balaban J connectivity index is 2.44. The summed E-state index contributed by atoms with van der Waals surface area (Å²) in [7, 11) is 0. The number of carbonyl (C=O) groups excluding carboxylic acids is 2. The van der Waals surface area contributed by atoms with E-state index in [2.05, 4.69) is 6.92 Å². The minimum atomic E-state index is 0.0901. The molecule has 0 aromatic carbocycles. The van der Waals surface area contributed by atoms with Crippen molar-refractivity contribution in [3.05, 3.63) is 0 Å². The van der Waals surface area contributed by atoms with Crippen molar-refractivity contribution in [2.24, 2.45) is 0 Å². The predicted molar refractivity (Wildman–Crippen MR) is 45.8 cm³/mol. The van der Waals surface area contributed by atoms with E-state index in [4.69, 9.17) is 0 Å². The highest BCUT2D eigenvalue weighted by molar-refractivity contribution is 8.01. The topological polar surface area (TPSA) is 34.1 Å². The highest BCUT2D eigenvalue weighted by Crippen LogP contribution is 2.23. The van der Waals surface area contributed by atoms with E-state index in [1.165, 1.54) is 11.8 Å². The van der Waals surface area contributed by atoms with Gasteiger partial charge in [0.15, 0.2) is 5.78 Å². The van der Waals surface area contributed by atoms with Gasteiger partial charge in [-0.15, -0.1) is 11.8 Å². The maximum Gasteiger partial charge on any atom is 0.153 e. The molecule has 0 saturated carbocycles. The number of Topliss-reactive ketones (excluding diaryl/α,β-unsaturated/α-hetero) is 2. The van der Waals surface area contributed by atoms with E-state index in [1.807, 2.05) is 0 Å². The van der Waals surface area contributed by atoms with Crippen molar-refractivity contribution in [1.29, 1.82) is 0 Å². The molecule has 0 aromatic heterocycles. The molecule has 1 fully saturated rings. The third-order valence-corrected chi connectivity index (χ3v) is 3.12. The van der Waals surface area contributed by atoms with Gasteiger partial charge in [-0.1, -0.05) is 13.3 Å². The third-order valence-electron chi connectivity index (χ3n) is 1.73. The monoisotopic (exact) mass is 172 g/mol. The van der Waals surface area contributed by atoms with E-state index in [0.29, 0.717) is 5.75 Å². The van der Waals surface area contributed by atoms with E-state index in [1.54, 1.807) is 0 Å². The van der Waals surface area contributed by atoms with Crippen molar-refractivity contribution >= 4 is 23.3 Å². The van der Waals surface area contributed by atoms with Crippen LogP contribution in [0.1, 0.15) is 26.2 Å². The molecule has 1 rings (SSSR count). The first-order valence-corrected chi connectivity index (χ1v) is 4.95. The summed E-state index contributed by atoms with van der Waals surface area (Å²) in [5.74, 6) is 0.761. The molecule has 3 heteroatoms. The van der Waals surface area contributed by atoms with E-state index < -0.39 is 0 Å². The van der Waals surface area contributed by atoms with Gasteiger partial charge in [0.05, 0.1) is 17.4 Å². The highest BCUT2D eigenvalue weighted by atomic mass is 32.2. The average Bonchev–Trinajstić information content (AvgIpc) is 1.95. The summed E-state index contributed by atoms with van der Waals surface area (Å²) in [5.41, 5.74) is 0. The zero-order valence-corrected chi connectivity index (χ0v) is 7.45. The van der Waals surface area contributed by atoms with Crippen molar-refractivity contribution in [2.45, 2.75) is 31.4 Å². The maximum atomic E-state index is 11.2. The lowest BCUT2D eigenvalue weighted by Gasteiger charge is -2.18. The molecule has 1 heterocycles. The fraction of sp³-hybridized carbons (Fsp3) is 0.750. The molecule has 1 saturated heterocycles. The number of hydrogen-bond donors (Lipinski definition) is 0. The van der Waals surface area contributed by atoms with Gasteiger partial charge >= 0.3 is 0 Å². The number of thioether (sulfide) groups is 1. The van der Waals surface area contributed by atoms with Crippen molar-refractivity contribution in [3.8, 4) is 0 Å². The Kier molecular flexibility index (Phi) is 3.12. The fourth-order valence-electron chi connectivity index (χ4n) is 1.15. The standard InChI is InChI=1S/C8H12O2S/c1-2-3-8-7(10)4-6(9)5-11-8/h8H,2-5H2,1H3. The van der Waals surface area contributed by atoms with Crippen molar-refractivity contribution in [1.82, 2.24) is 0 Å². The van der Waals surface area contributed by atoms with Gasteiger partial charge in [0.25, 0.3) is 0 Å². The molecule has 62 valence electrons. The minimum absolute atomic E-state index is 0.0901. The molecule has 0 bridgehead atoms. The minimum Gasteiger partial charge on any atom is -0.298 e. The van der Waals surface area contributed by atoms with Crippen molar-refractivity contribution < 1.29 is 9.59 Å². The van der Waals surface area contributed by atoms with Gasteiger partial charge in [-0.2, -0.15) is 0 Å². The van der Waals surface area contributed by atoms with Crippen LogP contribution in [0.5, 0.6) is 0 Å². The maximum absolute atomic E-state index is 11.2. The lowest BCUT2D eigenvalue weighted by Crippen LogP contribution is -2.27. The molecule has 11 heavy (non-hydrogen) atoms. The fourth-order valence-corrected chi connectivity index (χ4v) is 2.31. The molecule has 0 aromatic rings. The van der Waals surface area contributed by atoms with Crippen LogP contribution in [0.15, 0.2) is 0 Å². The van der Waals surface area contributed by atoms with E-state index in [0.717, 1.165) is 12.8 Å². The van der Waals surface area contributed by atoms with Gasteiger partial charge in [-0.25, -0.2) is 0 Å².